The van der Waals surface area contributed by atoms with E-state index in [9.17, 15) is 4.79 Å². The summed E-state index contributed by atoms with van der Waals surface area (Å²) >= 11 is 0. The Kier molecular flexibility index (Phi) is 4.90. The zero-order chi connectivity index (χ0) is 10.4. The maximum absolute atomic E-state index is 11.6. The number of piperidine rings is 1. The number of nitrogens with two attached hydrogens (primary N) is 1. The SMILES string of the molecule is COCCC(=O)N1CCCC(CN)C1. The molecule has 14 heavy (non-hydrogen) atoms. The largest absolute Gasteiger partial charge is 0.384 e. The smallest absolute Gasteiger partial charge is 0.224 e. The molecule has 1 unspecified atom stereocenters. The summed E-state index contributed by atoms with van der Waals surface area (Å²) in [5.41, 5.74) is 5.60. The molecule has 2 N–H and O–H groups in total. The molecule has 1 heterocycles. The van der Waals surface area contributed by atoms with Gasteiger partial charge in [-0.15, -0.1) is 0 Å². The van der Waals surface area contributed by atoms with E-state index in [4.69, 9.17) is 10.5 Å². The molecule has 1 aliphatic rings. The Morgan fingerprint density at radius 3 is 3.07 bits per heavy atom. The number of amides is 1. The third-order valence-electron chi connectivity index (χ3n) is 2.73. The van der Waals surface area contributed by atoms with Crippen LogP contribution in [0.15, 0.2) is 0 Å². The summed E-state index contributed by atoms with van der Waals surface area (Å²) < 4.78 is 4.88. The molecule has 1 atom stereocenters. The van der Waals surface area contributed by atoms with Gasteiger partial charge in [-0.25, -0.2) is 0 Å². The molecule has 1 rings (SSSR count). The second-order valence-corrected chi connectivity index (χ2v) is 3.83. The summed E-state index contributed by atoms with van der Waals surface area (Å²) in [6.07, 6.45) is 2.74. The Morgan fingerprint density at radius 2 is 2.43 bits per heavy atom. The van der Waals surface area contributed by atoms with Gasteiger partial charge in [0.2, 0.25) is 5.91 Å². The maximum atomic E-state index is 11.6. The number of nitrogens with zero attached hydrogens (tertiary/aromatic N) is 1. The van der Waals surface area contributed by atoms with Crippen LogP contribution in [0.2, 0.25) is 0 Å². The minimum atomic E-state index is 0.199. The molecule has 0 bridgehead atoms. The van der Waals surface area contributed by atoms with Gasteiger partial charge in [0.1, 0.15) is 0 Å². The average Bonchev–Trinajstić information content (AvgIpc) is 2.26. The Bertz CT molecular complexity index is 185. The molecule has 0 aliphatic carbocycles. The van der Waals surface area contributed by atoms with Crippen LogP contribution in [0.5, 0.6) is 0 Å². The first-order valence-electron chi connectivity index (χ1n) is 5.24. The van der Waals surface area contributed by atoms with Crippen LogP contribution in [0.25, 0.3) is 0 Å². The molecule has 0 aromatic carbocycles. The highest BCUT2D eigenvalue weighted by atomic mass is 16.5. The number of hydrogen-bond acceptors (Lipinski definition) is 3. The third-order valence-corrected chi connectivity index (χ3v) is 2.73. The molecular formula is C10H20N2O2. The average molecular weight is 200 g/mol. The highest BCUT2D eigenvalue weighted by Gasteiger charge is 2.21. The number of hydrogen-bond donors (Lipinski definition) is 1. The fraction of sp³-hybridized carbons (Fsp3) is 0.900. The van der Waals surface area contributed by atoms with Crippen molar-refractivity contribution in [3.05, 3.63) is 0 Å². The normalized spacial score (nSPS) is 22.4. The molecule has 4 heteroatoms. The number of carbonyl (C=O) groups excluding carboxylic acids is 1. The van der Waals surface area contributed by atoms with Gasteiger partial charge in [0.05, 0.1) is 13.0 Å². The van der Waals surface area contributed by atoms with Gasteiger partial charge in [-0.3, -0.25) is 4.79 Å². The summed E-state index contributed by atoms with van der Waals surface area (Å²) in [5, 5.41) is 0. The number of likely N-dealkylation sites (tertiary alicyclic amines) is 1. The first-order chi connectivity index (χ1) is 6.77. The van der Waals surface area contributed by atoms with Crippen LogP contribution >= 0.6 is 0 Å². The van der Waals surface area contributed by atoms with Gasteiger partial charge in [-0.1, -0.05) is 0 Å². The molecule has 1 saturated heterocycles. The topological polar surface area (TPSA) is 55.6 Å². The predicted molar refractivity (Wildman–Crippen MR) is 54.9 cm³/mol. The summed E-state index contributed by atoms with van der Waals surface area (Å²) in [7, 11) is 1.62. The Balaban J connectivity index is 2.31. The maximum Gasteiger partial charge on any atom is 0.224 e. The Labute approximate surface area is 85.4 Å². The molecule has 0 aromatic heterocycles. The number of methoxy groups -OCH3 is 1. The molecule has 0 aromatic rings. The van der Waals surface area contributed by atoms with Crippen molar-refractivity contribution in [2.24, 2.45) is 11.7 Å². The fourth-order valence-electron chi connectivity index (χ4n) is 1.83. The van der Waals surface area contributed by atoms with Crippen molar-refractivity contribution in [1.82, 2.24) is 4.90 Å². The molecule has 1 fully saturated rings. The van der Waals surface area contributed by atoms with Crippen LogP contribution in [0, 0.1) is 5.92 Å². The highest BCUT2D eigenvalue weighted by Crippen LogP contribution is 2.15. The molecule has 1 aliphatic heterocycles. The molecule has 4 nitrogen and oxygen atoms in total. The van der Waals surface area contributed by atoms with Gasteiger partial charge >= 0.3 is 0 Å². The van der Waals surface area contributed by atoms with Crippen LogP contribution in [-0.2, 0) is 9.53 Å². The van der Waals surface area contributed by atoms with Crippen molar-refractivity contribution in [3.8, 4) is 0 Å². The standard InChI is InChI=1S/C10H20N2O2/c1-14-6-4-10(13)12-5-2-3-9(7-11)8-12/h9H,2-8,11H2,1H3. The van der Waals surface area contributed by atoms with E-state index < -0.39 is 0 Å². The second kappa shape index (κ2) is 5.98. The zero-order valence-corrected chi connectivity index (χ0v) is 8.87. The summed E-state index contributed by atoms with van der Waals surface area (Å²) in [5.74, 6) is 0.695. The lowest BCUT2D eigenvalue weighted by Crippen LogP contribution is -2.42. The van der Waals surface area contributed by atoms with Crippen molar-refractivity contribution < 1.29 is 9.53 Å². The first-order valence-corrected chi connectivity index (χ1v) is 5.24. The van der Waals surface area contributed by atoms with Gasteiger partial charge in [-0.2, -0.15) is 0 Å². The van der Waals surface area contributed by atoms with Gasteiger partial charge in [-0.05, 0) is 25.3 Å². The summed E-state index contributed by atoms with van der Waals surface area (Å²) in [4.78, 5) is 13.5. The molecule has 1 amide bonds. The van der Waals surface area contributed by atoms with Gasteiger partial charge in [0.25, 0.3) is 0 Å². The van der Waals surface area contributed by atoms with E-state index in [1.807, 2.05) is 4.90 Å². The lowest BCUT2D eigenvalue weighted by molar-refractivity contribution is -0.133. The zero-order valence-electron chi connectivity index (χ0n) is 8.87. The number of rotatable bonds is 4. The van der Waals surface area contributed by atoms with E-state index in [-0.39, 0.29) is 5.91 Å². The molecule has 0 saturated carbocycles. The van der Waals surface area contributed by atoms with E-state index in [0.29, 0.717) is 25.5 Å². The quantitative estimate of drug-likeness (QED) is 0.706. The number of carbonyl (C=O) groups is 1. The molecule has 0 radical (unpaired) electrons. The van der Waals surface area contributed by atoms with Gasteiger partial charge < -0.3 is 15.4 Å². The van der Waals surface area contributed by atoms with Crippen LogP contribution in [-0.4, -0.2) is 44.2 Å². The first kappa shape index (κ1) is 11.5. The molecule has 0 spiro atoms. The van der Waals surface area contributed by atoms with Crippen molar-refractivity contribution in [2.75, 3.05) is 33.4 Å². The van der Waals surface area contributed by atoms with Crippen LogP contribution in [0.1, 0.15) is 19.3 Å². The Morgan fingerprint density at radius 1 is 1.64 bits per heavy atom. The molecule has 82 valence electrons. The fourth-order valence-corrected chi connectivity index (χ4v) is 1.83. The highest BCUT2D eigenvalue weighted by molar-refractivity contribution is 5.76. The van der Waals surface area contributed by atoms with Crippen LogP contribution < -0.4 is 5.73 Å². The van der Waals surface area contributed by atoms with E-state index in [0.717, 1.165) is 25.9 Å². The number of ether oxygens (including phenoxy) is 1. The van der Waals surface area contributed by atoms with Gasteiger partial charge in [0, 0.05) is 20.2 Å². The van der Waals surface area contributed by atoms with E-state index in [1.165, 1.54) is 0 Å². The third kappa shape index (κ3) is 3.27. The lowest BCUT2D eigenvalue weighted by Gasteiger charge is -2.32. The van der Waals surface area contributed by atoms with Crippen LogP contribution in [0.3, 0.4) is 0 Å². The van der Waals surface area contributed by atoms with Crippen LogP contribution in [0.4, 0.5) is 0 Å². The monoisotopic (exact) mass is 200 g/mol. The lowest BCUT2D eigenvalue weighted by atomic mass is 9.98. The molecular weight excluding hydrogens is 180 g/mol. The van der Waals surface area contributed by atoms with Crippen molar-refractivity contribution >= 4 is 5.91 Å². The summed E-state index contributed by atoms with van der Waals surface area (Å²) in [6.45, 7) is 2.93. The van der Waals surface area contributed by atoms with Gasteiger partial charge in [0.15, 0.2) is 0 Å². The van der Waals surface area contributed by atoms with E-state index in [2.05, 4.69) is 0 Å². The van der Waals surface area contributed by atoms with E-state index >= 15 is 0 Å². The van der Waals surface area contributed by atoms with Crippen molar-refractivity contribution in [1.29, 1.82) is 0 Å². The summed E-state index contributed by atoms with van der Waals surface area (Å²) in [6, 6.07) is 0. The van der Waals surface area contributed by atoms with Crippen molar-refractivity contribution in [3.63, 3.8) is 0 Å². The predicted octanol–water partition coefficient (Wildman–Crippen LogP) is 0.220. The van der Waals surface area contributed by atoms with E-state index in [1.54, 1.807) is 7.11 Å². The minimum absolute atomic E-state index is 0.199. The Hall–Kier alpha value is -0.610. The second-order valence-electron chi connectivity index (χ2n) is 3.83. The van der Waals surface area contributed by atoms with Crippen molar-refractivity contribution in [2.45, 2.75) is 19.3 Å². The minimum Gasteiger partial charge on any atom is -0.384 e.